The third-order valence-corrected chi connectivity index (χ3v) is 3.49. The molecule has 1 atom stereocenters. The molecule has 3 nitrogen and oxygen atoms in total. The summed E-state index contributed by atoms with van der Waals surface area (Å²) in [6.07, 6.45) is 4.57. The third kappa shape index (κ3) is 3.82. The first-order chi connectivity index (χ1) is 6.94. The summed E-state index contributed by atoms with van der Waals surface area (Å²) in [5, 5.41) is 8.59. The largest absolute Gasteiger partial charge is 0.461 e. The van der Waals surface area contributed by atoms with Gasteiger partial charge in [-0.05, 0) is 43.9 Å². The van der Waals surface area contributed by atoms with Crippen molar-refractivity contribution in [3.8, 4) is 0 Å². The standard InChI is InChI=1S/C12H22O3/c1-9(15-11(14)8-13)10-4-6-12(2,3)7-5-10/h9-10,13H,4-8H2,1-3H3. The van der Waals surface area contributed by atoms with E-state index in [2.05, 4.69) is 13.8 Å². The van der Waals surface area contributed by atoms with Crippen LogP contribution in [-0.2, 0) is 9.53 Å². The smallest absolute Gasteiger partial charge is 0.332 e. The molecule has 1 unspecified atom stereocenters. The van der Waals surface area contributed by atoms with E-state index in [1.54, 1.807) is 0 Å². The quantitative estimate of drug-likeness (QED) is 0.732. The third-order valence-electron chi connectivity index (χ3n) is 3.49. The lowest BCUT2D eigenvalue weighted by atomic mass is 9.72. The van der Waals surface area contributed by atoms with Crippen LogP contribution in [0.2, 0.25) is 0 Å². The van der Waals surface area contributed by atoms with Crippen LogP contribution < -0.4 is 0 Å². The van der Waals surface area contributed by atoms with Gasteiger partial charge in [-0.25, -0.2) is 4.79 Å². The highest BCUT2D eigenvalue weighted by Gasteiger charge is 2.30. The fourth-order valence-corrected chi connectivity index (χ4v) is 2.23. The van der Waals surface area contributed by atoms with Crippen molar-refractivity contribution in [3.63, 3.8) is 0 Å². The van der Waals surface area contributed by atoms with Crippen LogP contribution >= 0.6 is 0 Å². The summed E-state index contributed by atoms with van der Waals surface area (Å²) in [6.45, 7) is 5.99. The zero-order valence-corrected chi connectivity index (χ0v) is 9.95. The topological polar surface area (TPSA) is 46.5 Å². The average molecular weight is 214 g/mol. The second kappa shape index (κ2) is 4.97. The van der Waals surface area contributed by atoms with E-state index in [-0.39, 0.29) is 6.10 Å². The molecule has 1 rings (SSSR count). The first-order valence-corrected chi connectivity index (χ1v) is 5.75. The number of aliphatic hydroxyl groups excluding tert-OH is 1. The number of hydrogen-bond donors (Lipinski definition) is 1. The van der Waals surface area contributed by atoms with Gasteiger partial charge in [0.2, 0.25) is 0 Å². The maximum absolute atomic E-state index is 10.9. The molecule has 15 heavy (non-hydrogen) atoms. The molecular weight excluding hydrogens is 192 g/mol. The number of esters is 1. The minimum absolute atomic E-state index is 0.0549. The number of rotatable bonds is 3. The van der Waals surface area contributed by atoms with Crippen LogP contribution in [-0.4, -0.2) is 23.8 Å². The van der Waals surface area contributed by atoms with E-state index in [4.69, 9.17) is 9.84 Å². The Morgan fingerprint density at radius 2 is 2.00 bits per heavy atom. The van der Waals surface area contributed by atoms with Gasteiger partial charge in [-0.1, -0.05) is 13.8 Å². The Labute approximate surface area is 91.8 Å². The van der Waals surface area contributed by atoms with Crippen molar-refractivity contribution < 1.29 is 14.6 Å². The van der Waals surface area contributed by atoms with E-state index >= 15 is 0 Å². The molecule has 0 radical (unpaired) electrons. The van der Waals surface area contributed by atoms with Crippen LogP contribution in [0.4, 0.5) is 0 Å². The second-order valence-electron chi connectivity index (χ2n) is 5.35. The van der Waals surface area contributed by atoms with Gasteiger partial charge in [0.05, 0.1) is 0 Å². The molecule has 1 aliphatic rings. The summed E-state index contributed by atoms with van der Waals surface area (Å²) < 4.78 is 5.12. The maximum atomic E-state index is 10.9. The number of aliphatic hydroxyl groups is 1. The highest BCUT2D eigenvalue weighted by Crippen LogP contribution is 2.39. The molecule has 88 valence electrons. The molecule has 0 spiro atoms. The first kappa shape index (κ1) is 12.5. The Morgan fingerprint density at radius 1 is 1.47 bits per heavy atom. The van der Waals surface area contributed by atoms with Crippen LogP contribution in [0.15, 0.2) is 0 Å². The van der Waals surface area contributed by atoms with Crippen molar-refractivity contribution in [2.75, 3.05) is 6.61 Å². The molecule has 1 fully saturated rings. The van der Waals surface area contributed by atoms with E-state index in [9.17, 15) is 4.79 Å². The van der Waals surface area contributed by atoms with Crippen molar-refractivity contribution >= 4 is 5.97 Å². The van der Waals surface area contributed by atoms with Gasteiger partial charge >= 0.3 is 5.97 Å². The average Bonchev–Trinajstić information content (AvgIpc) is 2.17. The minimum atomic E-state index is -0.511. The summed E-state index contributed by atoms with van der Waals surface area (Å²) in [7, 11) is 0. The van der Waals surface area contributed by atoms with Gasteiger partial charge in [0, 0.05) is 0 Å². The Morgan fingerprint density at radius 3 is 2.47 bits per heavy atom. The predicted molar refractivity (Wildman–Crippen MR) is 58.4 cm³/mol. The predicted octanol–water partition coefficient (Wildman–Crippen LogP) is 2.13. The number of carbonyl (C=O) groups excluding carboxylic acids is 1. The lowest BCUT2D eigenvalue weighted by molar-refractivity contribution is -0.155. The molecule has 0 saturated heterocycles. The molecule has 0 aromatic heterocycles. The van der Waals surface area contributed by atoms with Gasteiger partial charge in [-0.2, -0.15) is 0 Å². The van der Waals surface area contributed by atoms with E-state index in [1.165, 1.54) is 12.8 Å². The molecule has 1 saturated carbocycles. The molecular formula is C12H22O3. The van der Waals surface area contributed by atoms with E-state index in [0.29, 0.717) is 11.3 Å². The summed E-state index contributed by atoms with van der Waals surface area (Å²) >= 11 is 0. The lowest BCUT2D eigenvalue weighted by Crippen LogP contribution is -2.31. The van der Waals surface area contributed by atoms with Crippen LogP contribution in [0, 0.1) is 11.3 Å². The highest BCUT2D eigenvalue weighted by atomic mass is 16.6. The summed E-state index contributed by atoms with van der Waals surface area (Å²) in [5.74, 6) is -0.0409. The molecule has 1 aliphatic carbocycles. The van der Waals surface area contributed by atoms with Gasteiger partial charge in [0.15, 0.2) is 0 Å². The number of ether oxygens (including phenoxy) is 1. The summed E-state index contributed by atoms with van der Waals surface area (Å²) in [5.41, 5.74) is 0.442. The lowest BCUT2D eigenvalue weighted by Gasteiger charge is -2.36. The monoisotopic (exact) mass is 214 g/mol. The SMILES string of the molecule is CC(OC(=O)CO)C1CCC(C)(C)CC1. The van der Waals surface area contributed by atoms with E-state index < -0.39 is 12.6 Å². The number of hydrogen-bond acceptors (Lipinski definition) is 3. The Kier molecular flexibility index (Phi) is 4.14. The zero-order chi connectivity index (χ0) is 11.5. The number of carbonyl (C=O) groups is 1. The van der Waals surface area contributed by atoms with E-state index in [1.807, 2.05) is 6.92 Å². The first-order valence-electron chi connectivity index (χ1n) is 5.75. The van der Waals surface area contributed by atoms with Gasteiger partial charge in [-0.15, -0.1) is 0 Å². The Bertz CT molecular complexity index is 213. The van der Waals surface area contributed by atoms with Crippen molar-refractivity contribution in [1.82, 2.24) is 0 Å². The normalized spacial score (nSPS) is 23.5. The van der Waals surface area contributed by atoms with Gasteiger partial charge in [0.25, 0.3) is 0 Å². The van der Waals surface area contributed by atoms with Crippen molar-refractivity contribution in [3.05, 3.63) is 0 Å². The summed E-state index contributed by atoms with van der Waals surface area (Å²) in [6, 6.07) is 0. The van der Waals surface area contributed by atoms with E-state index in [0.717, 1.165) is 12.8 Å². The Hall–Kier alpha value is -0.570. The highest BCUT2D eigenvalue weighted by molar-refractivity contribution is 5.70. The molecule has 0 amide bonds. The minimum Gasteiger partial charge on any atom is -0.461 e. The Balaban J connectivity index is 2.36. The molecule has 0 heterocycles. The summed E-state index contributed by atoms with van der Waals surface area (Å²) in [4.78, 5) is 10.9. The van der Waals surface area contributed by atoms with Crippen LogP contribution in [0.5, 0.6) is 0 Å². The molecule has 0 aromatic rings. The second-order valence-corrected chi connectivity index (χ2v) is 5.35. The van der Waals surface area contributed by atoms with Gasteiger partial charge < -0.3 is 9.84 Å². The molecule has 0 aliphatic heterocycles. The van der Waals surface area contributed by atoms with Crippen LogP contribution in [0.1, 0.15) is 46.5 Å². The molecule has 0 aromatic carbocycles. The molecule has 3 heteroatoms. The van der Waals surface area contributed by atoms with Crippen molar-refractivity contribution in [2.45, 2.75) is 52.6 Å². The fraction of sp³-hybridized carbons (Fsp3) is 0.917. The van der Waals surface area contributed by atoms with Crippen LogP contribution in [0.25, 0.3) is 0 Å². The van der Waals surface area contributed by atoms with Gasteiger partial charge in [0.1, 0.15) is 12.7 Å². The van der Waals surface area contributed by atoms with Gasteiger partial charge in [-0.3, -0.25) is 0 Å². The van der Waals surface area contributed by atoms with Crippen molar-refractivity contribution in [1.29, 1.82) is 0 Å². The molecule has 1 N–H and O–H groups in total. The fourth-order valence-electron chi connectivity index (χ4n) is 2.23. The van der Waals surface area contributed by atoms with Crippen molar-refractivity contribution in [2.24, 2.45) is 11.3 Å². The maximum Gasteiger partial charge on any atom is 0.332 e. The van der Waals surface area contributed by atoms with Crippen LogP contribution in [0.3, 0.4) is 0 Å². The molecule has 0 bridgehead atoms. The zero-order valence-electron chi connectivity index (χ0n) is 9.95.